The fourth-order valence-electron chi connectivity index (χ4n) is 1.52. The Morgan fingerprint density at radius 3 is 1.87 bits per heavy atom. The van der Waals surface area contributed by atoms with Crippen molar-refractivity contribution in [1.82, 2.24) is 4.90 Å². The van der Waals surface area contributed by atoms with Crippen LogP contribution < -0.4 is 0 Å². The molecule has 1 heterocycles. The van der Waals surface area contributed by atoms with Crippen LogP contribution in [-0.4, -0.2) is 41.4 Å². The largest absolute Gasteiger partial charge is 0.417 e. The van der Waals surface area contributed by atoms with Crippen LogP contribution in [0.4, 0.5) is 13.2 Å². The zero-order valence-corrected chi connectivity index (χ0v) is 9.56. The molecule has 0 radical (unpaired) electrons. The van der Waals surface area contributed by atoms with E-state index in [4.69, 9.17) is 0 Å². The minimum atomic E-state index is -4.48. The summed E-state index contributed by atoms with van der Waals surface area (Å²) in [6.07, 6.45) is -4.89. The van der Waals surface area contributed by atoms with Crippen LogP contribution >= 0.6 is 0 Å². The fourth-order valence-corrected chi connectivity index (χ4v) is 1.52. The predicted octanol–water partition coefficient (Wildman–Crippen LogP) is 2.42. The third kappa shape index (κ3) is 3.65. The zero-order chi connectivity index (χ0) is 12.1. The Hall–Kier alpha value is -0.290. The minimum absolute atomic E-state index is 0.204. The van der Waals surface area contributed by atoms with Crippen molar-refractivity contribution in [3.63, 3.8) is 0 Å². The fraction of sp³-hybridized carbons (Fsp3) is 1.00. The quantitative estimate of drug-likeness (QED) is 0.743. The third-order valence-corrected chi connectivity index (χ3v) is 2.66. The Bertz CT molecular complexity index is 174. The number of nitrogens with zero attached hydrogens (tertiary/aromatic N) is 1. The van der Waals surface area contributed by atoms with Gasteiger partial charge in [0.25, 0.3) is 0 Å². The summed E-state index contributed by atoms with van der Waals surface area (Å²) in [7, 11) is 0. The summed E-state index contributed by atoms with van der Waals surface area (Å²) in [5.74, 6) is 0. The van der Waals surface area contributed by atoms with Gasteiger partial charge < -0.3 is 10.0 Å². The number of halogens is 3. The molecule has 0 atom stereocenters. The van der Waals surface area contributed by atoms with E-state index in [0.717, 1.165) is 6.54 Å². The molecule has 15 heavy (non-hydrogen) atoms. The van der Waals surface area contributed by atoms with Gasteiger partial charge in [-0.05, 0) is 19.4 Å². The minimum Gasteiger partial charge on any atom is -0.380 e. The lowest BCUT2D eigenvalue weighted by Crippen LogP contribution is -2.53. The molecule has 1 aliphatic heterocycles. The van der Waals surface area contributed by atoms with E-state index >= 15 is 0 Å². The van der Waals surface area contributed by atoms with Gasteiger partial charge in [0.15, 0.2) is 5.60 Å². The Morgan fingerprint density at radius 2 is 1.60 bits per heavy atom. The molecular weight excluding hydrogens is 207 g/mol. The number of piperidine rings is 1. The van der Waals surface area contributed by atoms with Crippen LogP contribution in [0.3, 0.4) is 0 Å². The molecule has 0 aromatic heterocycles. The van der Waals surface area contributed by atoms with Gasteiger partial charge in [-0.3, -0.25) is 0 Å². The van der Waals surface area contributed by atoms with Crippen molar-refractivity contribution in [2.75, 3.05) is 19.6 Å². The van der Waals surface area contributed by atoms with E-state index < -0.39 is 11.8 Å². The number of hydrogen-bond donors (Lipinski definition) is 1. The van der Waals surface area contributed by atoms with Gasteiger partial charge in [-0.2, -0.15) is 13.2 Å². The molecule has 0 aromatic rings. The molecule has 1 fully saturated rings. The Labute approximate surface area is 89.1 Å². The molecular formula is C10H20F3NO. The van der Waals surface area contributed by atoms with E-state index in [1.165, 1.54) is 0 Å². The summed E-state index contributed by atoms with van der Waals surface area (Å²) in [5, 5.41) is 9.27. The molecule has 0 amide bonds. The van der Waals surface area contributed by atoms with Crippen molar-refractivity contribution < 1.29 is 18.3 Å². The lowest BCUT2D eigenvalue weighted by atomic mass is 9.91. The molecule has 92 valence electrons. The van der Waals surface area contributed by atoms with Gasteiger partial charge in [-0.15, -0.1) is 0 Å². The summed E-state index contributed by atoms with van der Waals surface area (Å²) < 4.78 is 36.9. The number of hydrogen-bond acceptors (Lipinski definition) is 2. The van der Waals surface area contributed by atoms with Crippen LogP contribution in [0.15, 0.2) is 0 Å². The van der Waals surface area contributed by atoms with E-state index in [2.05, 4.69) is 0 Å². The second kappa shape index (κ2) is 5.70. The maximum absolute atomic E-state index is 12.3. The van der Waals surface area contributed by atoms with Crippen LogP contribution in [0.1, 0.15) is 33.6 Å². The Kier molecular flexibility index (Phi) is 5.59. The highest BCUT2D eigenvalue weighted by Gasteiger charge is 2.54. The van der Waals surface area contributed by atoms with Gasteiger partial charge in [0.2, 0.25) is 0 Å². The number of rotatable bonds is 1. The van der Waals surface area contributed by atoms with Gasteiger partial charge >= 0.3 is 6.18 Å². The monoisotopic (exact) mass is 227 g/mol. The van der Waals surface area contributed by atoms with Crippen molar-refractivity contribution in [2.45, 2.75) is 45.4 Å². The maximum atomic E-state index is 12.3. The molecule has 1 saturated heterocycles. The van der Waals surface area contributed by atoms with E-state index in [-0.39, 0.29) is 12.8 Å². The highest BCUT2D eigenvalue weighted by molar-refractivity contribution is 4.91. The maximum Gasteiger partial charge on any atom is 0.417 e. The molecule has 5 heteroatoms. The van der Waals surface area contributed by atoms with E-state index in [1.807, 2.05) is 25.7 Å². The molecule has 1 rings (SSSR count). The van der Waals surface area contributed by atoms with Gasteiger partial charge in [0.05, 0.1) is 0 Å². The van der Waals surface area contributed by atoms with Crippen molar-refractivity contribution in [2.24, 2.45) is 0 Å². The molecule has 0 aromatic carbocycles. The first-order valence-corrected chi connectivity index (χ1v) is 5.40. The van der Waals surface area contributed by atoms with Gasteiger partial charge in [-0.25, -0.2) is 0 Å². The summed E-state index contributed by atoms with van der Waals surface area (Å²) >= 11 is 0. The molecule has 0 saturated carbocycles. The molecule has 0 spiro atoms. The first-order valence-electron chi connectivity index (χ1n) is 5.40. The third-order valence-electron chi connectivity index (χ3n) is 2.66. The predicted molar refractivity (Wildman–Crippen MR) is 53.7 cm³/mol. The molecule has 0 bridgehead atoms. The summed E-state index contributed by atoms with van der Waals surface area (Å²) in [6, 6.07) is 0. The Morgan fingerprint density at radius 1 is 1.20 bits per heavy atom. The standard InChI is InChI=1S/C8H14F3NO.C2H6/c1-2-12-5-3-7(13,4-6-12)8(9,10)11;1-2/h13H,2-6H2,1H3;1-2H3. The van der Waals surface area contributed by atoms with E-state index in [1.54, 1.807) is 0 Å². The summed E-state index contributed by atoms with van der Waals surface area (Å²) in [4.78, 5) is 1.90. The number of likely N-dealkylation sites (tertiary alicyclic amines) is 1. The van der Waals surface area contributed by atoms with Crippen LogP contribution in [0, 0.1) is 0 Å². The molecule has 0 aliphatic carbocycles. The van der Waals surface area contributed by atoms with Crippen LogP contribution in [0.25, 0.3) is 0 Å². The Balaban J connectivity index is 0.000000921. The number of alkyl halides is 3. The topological polar surface area (TPSA) is 23.5 Å². The molecule has 1 N–H and O–H groups in total. The summed E-state index contributed by atoms with van der Waals surface area (Å²) in [5.41, 5.74) is -2.45. The smallest absolute Gasteiger partial charge is 0.380 e. The average Bonchev–Trinajstić information content (AvgIpc) is 2.20. The van der Waals surface area contributed by atoms with Crippen molar-refractivity contribution in [3.8, 4) is 0 Å². The number of aliphatic hydroxyl groups is 1. The first-order chi connectivity index (χ1) is 6.89. The van der Waals surface area contributed by atoms with Crippen molar-refractivity contribution >= 4 is 0 Å². The van der Waals surface area contributed by atoms with Gasteiger partial charge in [-0.1, -0.05) is 20.8 Å². The average molecular weight is 227 g/mol. The first kappa shape index (κ1) is 14.7. The van der Waals surface area contributed by atoms with Gasteiger partial charge in [0.1, 0.15) is 0 Å². The van der Waals surface area contributed by atoms with Crippen molar-refractivity contribution in [1.29, 1.82) is 0 Å². The van der Waals surface area contributed by atoms with Crippen LogP contribution in [0.5, 0.6) is 0 Å². The van der Waals surface area contributed by atoms with Crippen LogP contribution in [-0.2, 0) is 0 Å². The van der Waals surface area contributed by atoms with E-state index in [0.29, 0.717) is 13.1 Å². The van der Waals surface area contributed by atoms with Crippen LogP contribution in [0.2, 0.25) is 0 Å². The highest BCUT2D eigenvalue weighted by atomic mass is 19.4. The van der Waals surface area contributed by atoms with Crippen molar-refractivity contribution in [3.05, 3.63) is 0 Å². The second-order valence-corrected chi connectivity index (χ2v) is 3.46. The molecule has 1 aliphatic rings. The normalized spacial score (nSPS) is 21.8. The van der Waals surface area contributed by atoms with Gasteiger partial charge in [0, 0.05) is 13.1 Å². The lowest BCUT2D eigenvalue weighted by Gasteiger charge is -2.38. The second-order valence-electron chi connectivity index (χ2n) is 3.46. The zero-order valence-electron chi connectivity index (χ0n) is 9.56. The lowest BCUT2D eigenvalue weighted by molar-refractivity contribution is -0.272. The summed E-state index contributed by atoms with van der Waals surface area (Å²) in [6.45, 7) is 7.30. The SMILES string of the molecule is CC.CCN1CCC(O)(C(F)(F)F)CC1. The molecule has 2 nitrogen and oxygen atoms in total. The molecule has 0 unspecified atom stereocenters. The van der Waals surface area contributed by atoms with E-state index in [9.17, 15) is 18.3 Å². The highest BCUT2D eigenvalue weighted by Crippen LogP contribution is 2.38.